The van der Waals surface area contributed by atoms with E-state index >= 15 is 0 Å². The molecule has 2 aromatic heterocycles. The highest BCUT2D eigenvalue weighted by Crippen LogP contribution is 2.33. The van der Waals surface area contributed by atoms with Gasteiger partial charge in [0.15, 0.2) is 0 Å². The third-order valence-electron chi connectivity index (χ3n) is 4.95. The lowest BCUT2D eigenvalue weighted by molar-refractivity contribution is 0.258. The van der Waals surface area contributed by atoms with Crippen LogP contribution in [0.1, 0.15) is 22.9 Å². The third kappa shape index (κ3) is 2.81. The van der Waals surface area contributed by atoms with Crippen LogP contribution in [0, 0.1) is 11.3 Å². The summed E-state index contributed by atoms with van der Waals surface area (Å²) in [6.07, 6.45) is 2.42. The Morgan fingerprint density at radius 1 is 1.14 bits per heavy atom. The molecule has 136 valence electrons. The molecule has 1 atom stereocenters. The number of nitrogens with one attached hydrogen (secondary N) is 1. The Bertz CT molecular complexity index is 1240. The van der Waals surface area contributed by atoms with Crippen molar-refractivity contribution in [1.29, 1.82) is 5.26 Å². The number of hydrogen-bond acceptors (Lipinski definition) is 6. The smallest absolute Gasteiger partial charge is 0.220 e. The summed E-state index contributed by atoms with van der Waals surface area (Å²) in [6.45, 7) is 0.550. The summed E-state index contributed by atoms with van der Waals surface area (Å²) in [7, 11) is 0. The molecule has 0 spiro atoms. The number of nitrogens with two attached hydrogens (primary N) is 1. The molecule has 0 saturated carbocycles. The average molecular weight is 368 g/mol. The largest absolute Gasteiger partial charge is 0.493 e. The number of H-pyrrole nitrogens is 1. The lowest BCUT2D eigenvalue weighted by Crippen LogP contribution is -2.20. The summed E-state index contributed by atoms with van der Waals surface area (Å²) in [6, 6.07) is 15.5. The minimum atomic E-state index is 0.104. The number of nitrogens with zero attached hydrogens (tertiary/aromatic N) is 4. The van der Waals surface area contributed by atoms with Gasteiger partial charge in [0.2, 0.25) is 5.95 Å². The highest BCUT2D eigenvalue weighted by Gasteiger charge is 2.24. The minimum absolute atomic E-state index is 0.104. The van der Waals surface area contributed by atoms with Gasteiger partial charge in [-0.3, -0.25) is 0 Å². The molecule has 2 aromatic carbocycles. The Kier molecular flexibility index (Phi) is 3.69. The third-order valence-corrected chi connectivity index (χ3v) is 4.95. The average Bonchev–Trinajstić information content (AvgIpc) is 3.16. The van der Waals surface area contributed by atoms with Crippen molar-refractivity contribution in [2.75, 3.05) is 12.3 Å². The van der Waals surface area contributed by atoms with Crippen molar-refractivity contribution in [2.45, 2.75) is 12.3 Å². The molecule has 28 heavy (non-hydrogen) atoms. The van der Waals surface area contributed by atoms with Crippen molar-refractivity contribution >= 4 is 17.0 Å². The molecule has 1 unspecified atom stereocenters. The van der Waals surface area contributed by atoms with Gasteiger partial charge in [-0.25, -0.2) is 15.0 Å². The van der Waals surface area contributed by atoms with E-state index in [0.29, 0.717) is 12.2 Å². The molecule has 4 aromatic rings. The van der Waals surface area contributed by atoms with Crippen molar-refractivity contribution < 1.29 is 4.74 Å². The molecule has 0 bridgehead atoms. The molecular formula is C21H16N6O. The number of rotatable bonds is 2. The summed E-state index contributed by atoms with van der Waals surface area (Å²) in [5.74, 6) is 2.07. The van der Waals surface area contributed by atoms with E-state index in [1.807, 2.05) is 36.4 Å². The molecule has 0 fully saturated rings. The van der Waals surface area contributed by atoms with Gasteiger partial charge < -0.3 is 15.5 Å². The zero-order valence-electron chi connectivity index (χ0n) is 14.9. The molecule has 1 aliphatic rings. The maximum Gasteiger partial charge on any atom is 0.220 e. The van der Waals surface area contributed by atoms with Crippen molar-refractivity contribution in [1.82, 2.24) is 19.9 Å². The number of benzene rings is 2. The summed E-state index contributed by atoms with van der Waals surface area (Å²) in [5, 5.41) is 9.13. The van der Waals surface area contributed by atoms with Gasteiger partial charge in [-0.2, -0.15) is 5.26 Å². The SMILES string of the molecule is N#Cc1ccc2c(c1)CC(c1nc3ccc(-c4ccnc(N)n4)cc3[nH]1)CO2. The molecule has 0 amide bonds. The monoisotopic (exact) mass is 368 g/mol. The maximum absolute atomic E-state index is 9.13. The molecule has 0 radical (unpaired) electrons. The Morgan fingerprint density at radius 3 is 2.93 bits per heavy atom. The lowest BCUT2D eigenvalue weighted by atomic mass is 9.95. The summed E-state index contributed by atoms with van der Waals surface area (Å²) >= 11 is 0. The van der Waals surface area contributed by atoms with E-state index in [1.54, 1.807) is 12.3 Å². The molecular weight excluding hydrogens is 352 g/mol. The van der Waals surface area contributed by atoms with E-state index < -0.39 is 0 Å². The van der Waals surface area contributed by atoms with Gasteiger partial charge in [-0.05, 0) is 48.4 Å². The Morgan fingerprint density at radius 2 is 2.07 bits per heavy atom. The van der Waals surface area contributed by atoms with Crippen molar-refractivity contribution in [2.24, 2.45) is 0 Å². The standard InChI is InChI=1S/C21H16N6O/c22-10-12-1-4-19-14(7-12)8-15(11-28-19)20-25-17-3-2-13(9-18(17)26-20)16-5-6-24-21(23)27-16/h1-7,9,15H,8,11H2,(H,25,26)(H2,23,24,27). The van der Waals surface area contributed by atoms with Crippen LogP contribution < -0.4 is 10.5 Å². The number of ether oxygens (including phenoxy) is 1. The predicted octanol–water partition coefficient (Wildman–Crippen LogP) is 3.19. The van der Waals surface area contributed by atoms with Crippen LogP contribution in [0.25, 0.3) is 22.3 Å². The number of imidazole rings is 1. The van der Waals surface area contributed by atoms with Crippen LogP contribution in [0.4, 0.5) is 5.95 Å². The van der Waals surface area contributed by atoms with Crippen LogP contribution in [0.3, 0.4) is 0 Å². The molecule has 7 nitrogen and oxygen atoms in total. The van der Waals surface area contributed by atoms with Crippen molar-refractivity contribution in [3.8, 4) is 23.1 Å². The van der Waals surface area contributed by atoms with Gasteiger partial charge in [-0.15, -0.1) is 0 Å². The number of hydrogen-bond donors (Lipinski definition) is 2. The van der Waals surface area contributed by atoms with E-state index in [9.17, 15) is 0 Å². The Balaban J connectivity index is 1.48. The van der Waals surface area contributed by atoms with Crippen LogP contribution in [-0.4, -0.2) is 26.5 Å². The van der Waals surface area contributed by atoms with Crippen LogP contribution in [0.15, 0.2) is 48.7 Å². The molecule has 3 N–H and O–H groups in total. The first-order valence-electron chi connectivity index (χ1n) is 8.94. The van der Waals surface area contributed by atoms with Gasteiger partial charge in [0, 0.05) is 11.8 Å². The highest BCUT2D eigenvalue weighted by molar-refractivity contribution is 5.81. The number of fused-ring (bicyclic) bond motifs is 2. The summed E-state index contributed by atoms with van der Waals surface area (Å²) in [4.78, 5) is 16.4. The highest BCUT2D eigenvalue weighted by atomic mass is 16.5. The van der Waals surface area contributed by atoms with E-state index in [2.05, 4.69) is 21.0 Å². The minimum Gasteiger partial charge on any atom is -0.493 e. The fraction of sp³-hybridized carbons (Fsp3) is 0.143. The molecule has 1 aliphatic heterocycles. The first kappa shape index (κ1) is 16.3. The first-order valence-corrected chi connectivity index (χ1v) is 8.94. The molecule has 7 heteroatoms. The number of aromatic nitrogens is 4. The maximum atomic E-state index is 9.13. The van der Waals surface area contributed by atoms with Gasteiger partial charge in [-0.1, -0.05) is 6.07 Å². The van der Waals surface area contributed by atoms with Gasteiger partial charge in [0.1, 0.15) is 11.6 Å². The number of aromatic amines is 1. The molecule has 5 rings (SSSR count). The second-order valence-corrected chi connectivity index (χ2v) is 6.80. The van der Waals surface area contributed by atoms with Crippen LogP contribution >= 0.6 is 0 Å². The van der Waals surface area contributed by atoms with E-state index in [-0.39, 0.29) is 11.9 Å². The summed E-state index contributed by atoms with van der Waals surface area (Å²) in [5.41, 5.74) is 10.9. The molecule has 3 heterocycles. The fourth-order valence-electron chi connectivity index (χ4n) is 3.56. The molecule has 0 aliphatic carbocycles. The van der Waals surface area contributed by atoms with Gasteiger partial charge in [0.05, 0.1) is 40.9 Å². The second-order valence-electron chi connectivity index (χ2n) is 6.80. The summed E-state index contributed by atoms with van der Waals surface area (Å²) < 4.78 is 5.89. The Hall–Kier alpha value is -3.92. The zero-order chi connectivity index (χ0) is 19.1. The number of nitriles is 1. The van der Waals surface area contributed by atoms with E-state index in [4.69, 9.17) is 20.7 Å². The number of anilines is 1. The van der Waals surface area contributed by atoms with Gasteiger partial charge in [0.25, 0.3) is 0 Å². The Labute approximate surface area is 160 Å². The quantitative estimate of drug-likeness (QED) is 0.562. The lowest BCUT2D eigenvalue weighted by Gasteiger charge is -2.24. The van der Waals surface area contributed by atoms with Crippen LogP contribution in [0.2, 0.25) is 0 Å². The second kappa shape index (κ2) is 6.35. The van der Waals surface area contributed by atoms with E-state index in [1.165, 1.54) is 0 Å². The first-order chi connectivity index (χ1) is 13.7. The molecule has 0 saturated heterocycles. The van der Waals surface area contributed by atoms with Crippen LogP contribution in [0.5, 0.6) is 5.75 Å². The topological polar surface area (TPSA) is 114 Å². The number of nitrogen functional groups attached to an aromatic ring is 1. The normalized spacial score (nSPS) is 15.6. The van der Waals surface area contributed by atoms with Crippen molar-refractivity contribution in [3.63, 3.8) is 0 Å². The zero-order valence-corrected chi connectivity index (χ0v) is 14.9. The van der Waals surface area contributed by atoms with Gasteiger partial charge >= 0.3 is 0 Å². The predicted molar refractivity (Wildman–Crippen MR) is 105 cm³/mol. The van der Waals surface area contributed by atoms with E-state index in [0.717, 1.165) is 45.8 Å². The van der Waals surface area contributed by atoms with Crippen molar-refractivity contribution in [3.05, 3.63) is 65.6 Å². The fourth-order valence-corrected chi connectivity index (χ4v) is 3.56. The van der Waals surface area contributed by atoms with Crippen LogP contribution in [-0.2, 0) is 6.42 Å².